The highest BCUT2D eigenvalue weighted by Crippen LogP contribution is 2.44. The number of fused-ring (bicyclic) bond motifs is 3. The maximum atomic E-state index is 12.6. The van der Waals surface area contributed by atoms with Crippen LogP contribution in [0.15, 0.2) is 54.7 Å². The Kier molecular flexibility index (Phi) is 6.12. The van der Waals surface area contributed by atoms with Crippen molar-refractivity contribution in [3.8, 4) is 11.1 Å². The van der Waals surface area contributed by atoms with Gasteiger partial charge in [-0.3, -0.25) is 9.48 Å². The number of ether oxygens (including phenoxy) is 1. The van der Waals surface area contributed by atoms with E-state index in [1.807, 2.05) is 36.4 Å². The molecule has 9 heteroatoms. The molecule has 2 amide bonds. The van der Waals surface area contributed by atoms with Gasteiger partial charge in [-0.25, -0.2) is 9.59 Å². The van der Waals surface area contributed by atoms with Gasteiger partial charge in [-0.05, 0) is 28.7 Å². The molecule has 9 nitrogen and oxygen atoms in total. The largest absolute Gasteiger partial charge is 0.476 e. The molecule has 1 aliphatic carbocycles. The first-order valence-corrected chi connectivity index (χ1v) is 10.6. The van der Waals surface area contributed by atoms with Gasteiger partial charge in [0.15, 0.2) is 5.69 Å². The van der Waals surface area contributed by atoms with Gasteiger partial charge in [0, 0.05) is 19.2 Å². The Morgan fingerprint density at radius 2 is 1.70 bits per heavy atom. The molecule has 0 spiro atoms. The van der Waals surface area contributed by atoms with E-state index in [9.17, 15) is 19.5 Å². The van der Waals surface area contributed by atoms with Gasteiger partial charge in [0.25, 0.3) is 0 Å². The molecule has 2 aromatic carbocycles. The van der Waals surface area contributed by atoms with Crippen LogP contribution in [0, 0.1) is 0 Å². The molecule has 1 atom stereocenters. The molecule has 0 bridgehead atoms. The first-order valence-electron chi connectivity index (χ1n) is 10.6. The Morgan fingerprint density at radius 1 is 1.09 bits per heavy atom. The predicted octanol–water partition coefficient (Wildman–Crippen LogP) is 3.37. The molecule has 4 rings (SSSR count). The average molecular weight is 448 g/mol. The molecule has 0 saturated carbocycles. The third-order valence-electron chi connectivity index (χ3n) is 5.65. The van der Waals surface area contributed by atoms with Gasteiger partial charge in [0.1, 0.15) is 12.6 Å². The fourth-order valence-corrected chi connectivity index (χ4v) is 4.09. The van der Waals surface area contributed by atoms with Crippen LogP contribution in [-0.2, 0) is 16.6 Å². The molecule has 1 aromatic heterocycles. The average Bonchev–Trinajstić information content (AvgIpc) is 3.33. The first kappa shape index (κ1) is 22.1. The summed E-state index contributed by atoms with van der Waals surface area (Å²) in [5.74, 6) is -1.91. The molecule has 170 valence electrons. The number of nitrogens with zero attached hydrogens (tertiary/aromatic N) is 2. The lowest BCUT2D eigenvalue weighted by atomic mass is 9.98. The van der Waals surface area contributed by atoms with Crippen molar-refractivity contribution < 1.29 is 24.2 Å². The molecule has 0 unspecified atom stereocenters. The van der Waals surface area contributed by atoms with Crippen LogP contribution in [0.5, 0.6) is 0 Å². The number of nitrogens with one attached hydrogen (secondary N) is 2. The number of benzene rings is 2. The van der Waals surface area contributed by atoms with Gasteiger partial charge in [-0.1, -0.05) is 55.5 Å². The normalized spacial score (nSPS) is 13.0. The molecule has 0 radical (unpaired) electrons. The van der Waals surface area contributed by atoms with Gasteiger partial charge >= 0.3 is 12.1 Å². The second-order valence-corrected chi connectivity index (χ2v) is 7.79. The molecule has 3 aromatic rings. The van der Waals surface area contributed by atoms with Crippen molar-refractivity contribution in [2.75, 3.05) is 11.9 Å². The van der Waals surface area contributed by atoms with Crippen LogP contribution in [0.3, 0.4) is 0 Å². The number of hydrogen-bond donors (Lipinski definition) is 3. The van der Waals surface area contributed by atoms with E-state index in [0.29, 0.717) is 6.42 Å². The number of aryl methyl sites for hydroxylation is 1. The number of carboxylic acids is 1. The van der Waals surface area contributed by atoms with Gasteiger partial charge in [-0.15, -0.1) is 0 Å². The summed E-state index contributed by atoms with van der Waals surface area (Å²) in [5.41, 5.74) is 4.21. The van der Waals surface area contributed by atoms with Crippen LogP contribution in [0.25, 0.3) is 11.1 Å². The van der Waals surface area contributed by atoms with E-state index in [1.54, 1.807) is 14.0 Å². The van der Waals surface area contributed by atoms with Gasteiger partial charge in [0.2, 0.25) is 5.91 Å². The third kappa shape index (κ3) is 4.43. The lowest BCUT2D eigenvalue weighted by molar-refractivity contribution is -0.118. The van der Waals surface area contributed by atoms with Gasteiger partial charge < -0.3 is 20.5 Å². The lowest BCUT2D eigenvalue weighted by Crippen LogP contribution is -2.44. The Labute approximate surface area is 190 Å². The summed E-state index contributed by atoms with van der Waals surface area (Å²) in [7, 11) is 1.55. The van der Waals surface area contributed by atoms with Gasteiger partial charge in [0.05, 0.1) is 5.69 Å². The number of carbonyl (C=O) groups is 3. The zero-order valence-corrected chi connectivity index (χ0v) is 18.2. The molecule has 33 heavy (non-hydrogen) atoms. The minimum atomic E-state index is -1.26. The summed E-state index contributed by atoms with van der Waals surface area (Å²) in [6.07, 6.45) is 0.962. The summed E-state index contributed by atoms with van der Waals surface area (Å²) >= 11 is 0. The molecule has 1 aliphatic rings. The highest BCUT2D eigenvalue weighted by atomic mass is 16.5. The highest BCUT2D eigenvalue weighted by Gasteiger charge is 2.30. The van der Waals surface area contributed by atoms with Crippen LogP contribution < -0.4 is 10.6 Å². The Morgan fingerprint density at radius 3 is 2.27 bits per heavy atom. The SMILES string of the molecule is CC[C@H](NC(=O)OCC1c2ccccc2-c2ccccc21)C(=O)Nc1cn(C)nc1C(=O)O. The quantitative estimate of drug-likeness (QED) is 0.509. The molecule has 0 fully saturated rings. The number of carboxylic acid groups (broad SMARTS) is 1. The summed E-state index contributed by atoms with van der Waals surface area (Å²) in [4.78, 5) is 36.4. The monoisotopic (exact) mass is 448 g/mol. The maximum Gasteiger partial charge on any atom is 0.407 e. The van der Waals surface area contributed by atoms with Crippen molar-refractivity contribution in [1.29, 1.82) is 0 Å². The van der Waals surface area contributed by atoms with E-state index in [-0.39, 0.29) is 23.9 Å². The fraction of sp³-hybridized carbons (Fsp3) is 0.250. The minimum Gasteiger partial charge on any atom is -0.476 e. The number of aromatic nitrogens is 2. The van der Waals surface area contributed by atoms with Crippen LogP contribution >= 0.6 is 0 Å². The molecule has 1 heterocycles. The smallest absolute Gasteiger partial charge is 0.407 e. The second kappa shape index (κ2) is 9.15. The summed E-state index contributed by atoms with van der Waals surface area (Å²) in [6.45, 7) is 1.86. The Bertz CT molecular complexity index is 1170. The fourth-order valence-electron chi connectivity index (χ4n) is 4.09. The van der Waals surface area contributed by atoms with Crippen LogP contribution in [0.4, 0.5) is 10.5 Å². The Hall–Kier alpha value is -4.14. The van der Waals surface area contributed by atoms with E-state index >= 15 is 0 Å². The number of carbonyl (C=O) groups excluding carboxylic acids is 2. The van der Waals surface area contributed by atoms with E-state index in [1.165, 1.54) is 10.9 Å². The second-order valence-electron chi connectivity index (χ2n) is 7.79. The van der Waals surface area contributed by atoms with Crippen molar-refractivity contribution in [2.24, 2.45) is 7.05 Å². The van der Waals surface area contributed by atoms with Crippen molar-refractivity contribution in [3.05, 3.63) is 71.5 Å². The number of alkyl carbamates (subject to hydrolysis) is 1. The van der Waals surface area contributed by atoms with Crippen molar-refractivity contribution in [3.63, 3.8) is 0 Å². The zero-order chi connectivity index (χ0) is 23.5. The predicted molar refractivity (Wildman–Crippen MR) is 121 cm³/mol. The van der Waals surface area contributed by atoms with E-state index in [4.69, 9.17) is 4.74 Å². The number of hydrogen-bond acceptors (Lipinski definition) is 5. The topological polar surface area (TPSA) is 123 Å². The van der Waals surface area contributed by atoms with Crippen LogP contribution in [0.2, 0.25) is 0 Å². The molecular weight excluding hydrogens is 424 g/mol. The highest BCUT2D eigenvalue weighted by molar-refractivity contribution is 6.01. The maximum absolute atomic E-state index is 12.6. The summed E-state index contributed by atoms with van der Waals surface area (Å²) in [5, 5.41) is 18.1. The summed E-state index contributed by atoms with van der Waals surface area (Å²) in [6, 6.07) is 15.1. The lowest BCUT2D eigenvalue weighted by Gasteiger charge is -2.18. The van der Waals surface area contributed by atoms with E-state index in [2.05, 4.69) is 27.9 Å². The van der Waals surface area contributed by atoms with Crippen molar-refractivity contribution in [2.45, 2.75) is 25.3 Å². The molecule has 0 saturated heterocycles. The van der Waals surface area contributed by atoms with Crippen LogP contribution in [0.1, 0.15) is 40.9 Å². The van der Waals surface area contributed by atoms with E-state index in [0.717, 1.165) is 22.3 Å². The molecule has 3 N–H and O–H groups in total. The van der Waals surface area contributed by atoms with Crippen molar-refractivity contribution in [1.82, 2.24) is 15.1 Å². The van der Waals surface area contributed by atoms with Gasteiger partial charge in [-0.2, -0.15) is 5.10 Å². The van der Waals surface area contributed by atoms with Crippen molar-refractivity contribution >= 4 is 23.7 Å². The number of aromatic carboxylic acids is 1. The number of amides is 2. The van der Waals surface area contributed by atoms with Crippen LogP contribution in [-0.4, -0.2) is 45.5 Å². The number of rotatable bonds is 7. The number of anilines is 1. The molecule has 0 aliphatic heterocycles. The third-order valence-corrected chi connectivity index (χ3v) is 5.65. The van der Waals surface area contributed by atoms with E-state index < -0.39 is 24.0 Å². The molecular formula is C24H24N4O5. The summed E-state index contributed by atoms with van der Waals surface area (Å²) < 4.78 is 6.79. The standard InChI is InChI=1S/C24H24N4O5/c1-3-19(22(29)25-20-12-28(2)27-21(20)23(30)31)26-24(32)33-13-18-16-10-6-4-8-14(16)15-9-5-7-11-17(15)18/h4-12,18-19H,3,13H2,1-2H3,(H,25,29)(H,26,32)(H,30,31)/t19-/m0/s1. The zero-order valence-electron chi connectivity index (χ0n) is 18.2. The Balaban J connectivity index is 1.40. The minimum absolute atomic E-state index is 0.0581. The first-order chi connectivity index (χ1) is 15.9.